The largest absolute Gasteiger partial charge is 0.282 e. The van der Waals surface area contributed by atoms with Gasteiger partial charge in [-0.15, -0.1) is 5.43 Å². The third kappa shape index (κ3) is 1.01. The van der Waals surface area contributed by atoms with E-state index in [-0.39, 0.29) is 5.70 Å². The van der Waals surface area contributed by atoms with Crippen molar-refractivity contribution in [3.8, 4) is 0 Å². The zero-order valence-electron chi connectivity index (χ0n) is 5.73. The third-order valence-electron chi connectivity index (χ3n) is 1.44. The quantitative estimate of drug-likeness (QED) is 0.534. The molecule has 1 aliphatic rings. The molecule has 0 spiro atoms. The fourth-order valence-corrected chi connectivity index (χ4v) is 0.672. The number of rotatable bonds is 1. The summed E-state index contributed by atoms with van der Waals surface area (Å²) in [5.74, 6) is 0. The van der Waals surface area contributed by atoms with Gasteiger partial charge in [-0.05, 0) is 13.8 Å². The first-order valence-electron chi connectivity index (χ1n) is 2.87. The van der Waals surface area contributed by atoms with Crippen LogP contribution in [0.5, 0.6) is 0 Å². The van der Waals surface area contributed by atoms with E-state index >= 15 is 0 Å². The normalized spacial score (nSPS) is 17.9. The predicted octanol–water partition coefficient (Wildman–Crippen LogP) is 1.52. The van der Waals surface area contributed by atoms with Gasteiger partial charge in [0.2, 0.25) is 0 Å². The zero-order chi connectivity index (χ0) is 7.72. The van der Waals surface area contributed by atoms with E-state index in [1.807, 2.05) is 0 Å². The van der Waals surface area contributed by atoms with E-state index in [9.17, 15) is 8.78 Å². The van der Waals surface area contributed by atoms with Crippen LogP contribution in [0, 0.1) is 0 Å². The van der Waals surface area contributed by atoms with E-state index in [0.717, 1.165) is 0 Å². The molecule has 1 heterocycles. The van der Waals surface area contributed by atoms with Crippen molar-refractivity contribution in [1.82, 2.24) is 5.43 Å². The molecule has 1 rings (SSSR count). The molecule has 1 aliphatic heterocycles. The highest BCUT2D eigenvalue weighted by Crippen LogP contribution is 2.17. The van der Waals surface area contributed by atoms with Crippen molar-refractivity contribution < 1.29 is 8.78 Å². The first-order chi connectivity index (χ1) is 4.63. The van der Waals surface area contributed by atoms with Crippen LogP contribution in [-0.4, -0.2) is 12.1 Å². The highest BCUT2D eigenvalue weighted by Gasteiger charge is 2.21. The van der Waals surface area contributed by atoms with Gasteiger partial charge < -0.3 is 0 Å². The first kappa shape index (κ1) is 7.18. The molecule has 0 atom stereocenters. The number of nitrogens with zero attached hydrogens (tertiary/aromatic N) is 2. The van der Waals surface area contributed by atoms with Crippen LogP contribution in [0.1, 0.15) is 13.8 Å². The summed E-state index contributed by atoms with van der Waals surface area (Å²) in [6.07, 6.45) is -2.50. The van der Waals surface area contributed by atoms with E-state index in [4.69, 9.17) is 0 Å². The second-order valence-electron chi connectivity index (χ2n) is 2.10. The van der Waals surface area contributed by atoms with Gasteiger partial charge in [-0.1, -0.05) is 0 Å². The van der Waals surface area contributed by atoms with E-state index in [1.54, 1.807) is 13.8 Å². The number of allylic oxidation sites excluding steroid dienone is 2. The minimum Gasteiger partial charge on any atom is -0.203 e. The fraction of sp³-hybridized carbons (Fsp3) is 0.500. The van der Waals surface area contributed by atoms with Crippen molar-refractivity contribution in [2.75, 3.05) is 0 Å². The maximum absolute atomic E-state index is 11.9. The van der Waals surface area contributed by atoms with Crippen LogP contribution in [0.25, 0.3) is 0 Å². The van der Waals surface area contributed by atoms with Crippen LogP contribution >= 0.6 is 0 Å². The highest BCUT2D eigenvalue weighted by atomic mass is 19.3. The molecule has 2 nitrogen and oxygen atoms in total. The highest BCUT2D eigenvalue weighted by molar-refractivity contribution is 5.99. The van der Waals surface area contributed by atoms with Gasteiger partial charge in [0.05, 0.1) is 5.71 Å². The third-order valence-corrected chi connectivity index (χ3v) is 1.44. The molecule has 0 unspecified atom stereocenters. The Morgan fingerprint density at radius 3 is 2.10 bits per heavy atom. The Balaban J connectivity index is 2.84. The van der Waals surface area contributed by atoms with Gasteiger partial charge in [0.1, 0.15) is 5.70 Å². The summed E-state index contributed by atoms with van der Waals surface area (Å²) in [5, 5.41) is 3.51. The lowest BCUT2D eigenvalue weighted by molar-refractivity contribution is 0.180. The van der Waals surface area contributed by atoms with Crippen molar-refractivity contribution in [3.05, 3.63) is 11.3 Å². The van der Waals surface area contributed by atoms with E-state index in [1.165, 1.54) is 0 Å². The summed E-state index contributed by atoms with van der Waals surface area (Å²) in [4.78, 5) is 0. The molecule has 0 N–H and O–H groups in total. The first-order valence-corrected chi connectivity index (χ1v) is 2.87. The summed E-state index contributed by atoms with van der Waals surface area (Å²) in [7, 11) is 0. The number of alkyl halides is 2. The lowest BCUT2D eigenvalue weighted by Gasteiger charge is -1.97. The van der Waals surface area contributed by atoms with E-state index < -0.39 is 6.43 Å². The molecule has 0 aliphatic carbocycles. The van der Waals surface area contributed by atoms with E-state index in [2.05, 4.69) is 10.5 Å². The molecule has 0 aromatic carbocycles. The monoisotopic (exact) mass is 145 g/mol. The van der Waals surface area contributed by atoms with Crippen molar-refractivity contribution >= 4 is 5.71 Å². The average Bonchev–Trinajstić information content (AvgIpc) is 2.14. The molecular weight excluding hydrogens is 138 g/mol. The van der Waals surface area contributed by atoms with Gasteiger partial charge in [0.25, 0.3) is 6.43 Å². The standard InChI is InChI=1S/C6H7F2N2/c1-3-4(2)9-10-5(3)6(7)8/h6H,1-2H3. The fourth-order valence-electron chi connectivity index (χ4n) is 0.672. The number of hydrogen-bond acceptors (Lipinski definition) is 1. The second-order valence-corrected chi connectivity index (χ2v) is 2.10. The zero-order valence-corrected chi connectivity index (χ0v) is 5.73. The van der Waals surface area contributed by atoms with E-state index in [0.29, 0.717) is 11.3 Å². The Morgan fingerprint density at radius 2 is 1.90 bits per heavy atom. The van der Waals surface area contributed by atoms with Crippen LogP contribution in [0.3, 0.4) is 0 Å². The number of halogens is 2. The van der Waals surface area contributed by atoms with Gasteiger partial charge in [-0.25, -0.2) is 8.78 Å². The summed E-state index contributed by atoms with van der Waals surface area (Å²) < 4.78 is 23.9. The van der Waals surface area contributed by atoms with Gasteiger partial charge >= 0.3 is 0 Å². The van der Waals surface area contributed by atoms with Crippen molar-refractivity contribution in [3.63, 3.8) is 0 Å². The van der Waals surface area contributed by atoms with Gasteiger partial charge in [0, 0.05) is 5.57 Å². The lowest BCUT2D eigenvalue weighted by atomic mass is 10.2. The SMILES string of the molecule is CC1=N[N]C(C(F)F)=C1C. The minimum atomic E-state index is -2.50. The Kier molecular flexibility index (Phi) is 1.70. The van der Waals surface area contributed by atoms with Crippen molar-refractivity contribution in [2.24, 2.45) is 5.10 Å². The second kappa shape index (κ2) is 2.36. The summed E-state index contributed by atoms with van der Waals surface area (Å²) in [5.41, 5.74) is 4.19. The smallest absolute Gasteiger partial charge is 0.203 e. The Bertz CT molecular complexity index is 206. The van der Waals surface area contributed by atoms with Crippen LogP contribution in [0.4, 0.5) is 8.78 Å². The summed E-state index contributed by atoms with van der Waals surface area (Å²) >= 11 is 0. The average molecular weight is 145 g/mol. The molecule has 0 saturated heterocycles. The molecule has 0 amide bonds. The van der Waals surface area contributed by atoms with Gasteiger partial charge in [-0.2, -0.15) is 5.10 Å². The molecule has 1 radical (unpaired) electrons. The van der Waals surface area contributed by atoms with Crippen LogP contribution in [0.2, 0.25) is 0 Å². The van der Waals surface area contributed by atoms with Crippen LogP contribution < -0.4 is 5.43 Å². The van der Waals surface area contributed by atoms with Crippen LogP contribution in [0.15, 0.2) is 16.4 Å². The Hall–Kier alpha value is -0.930. The molecule has 55 valence electrons. The molecule has 4 heteroatoms. The molecular formula is C6H7F2N2. The summed E-state index contributed by atoms with van der Waals surface area (Å²) in [6.45, 7) is 3.26. The van der Waals surface area contributed by atoms with Crippen molar-refractivity contribution in [1.29, 1.82) is 0 Å². The Labute approximate surface area is 57.6 Å². The maximum atomic E-state index is 11.9. The van der Waals surface area contributed by atoms with Crippen LogP contribution in [-0.2, 0) is 0 Å². The molecule has 0 aromatic rings. The molecule has 0 aromatic heterocycles. The number of hydrogen-bond donors (Lipinski definition) is 0. The summed E-state index contributed by atoms with van der Waals surface area (Å²) in [6, 6.07) is 0. The predicted molar refractivity (Wildman–Crippen MR) is 33.9 cm³/mol. The molecule has 0 fully saturated rings. The van der Waals surface area contributed by atoms with Gasteiger partial charge in [-0.3, -0.25) is 0 Å². The lowest BCUT2D eigenvalue weighted by Crippen LogP contribution is -2.04. The molecule has 10 heavy (non-hydrogen) atoms. The Morgan fingerprint density at radius 1 is 1.30 bits per heavy atom. The maximum Gasteiger partial charge on any atom is 0.282 e. The minimum absolute atomic E-state index is 0.197. The topological polar surface area (TPSA) is 26.5 Å². The molecule has 0 saturated carbocycles. The molecule has 0 bridgehead atoms. The van der Waals surface area contributed by atoms with Crippen molar-refractivity contribution in [2.45, 2.75) is 20.3 Å². The van der Waals surface area contributed by atoms with Gasteiger partial charge in [0.15, 0.2) is 0 Å².